The molecule has 0 radical (unpaired) electrons. The number of hydrogen-bond donors (Lipinski definition) is 2. The van der Waals surface area contributed by atoms with E-state index in [9.17, 15) is 9.59 Å². The third kappa shape index (κ3) is 5.04. The monoisotopic (exact) mass is 405 g/mol. The molecule has 0 atom stereocenters. The summed E-state index contributed by atoms with van der Waals surface area (Å²) in [5.41, 5.74) is 0.836. The maximum atomic E-state index is 12.3. The van der Waals surface area contributed by atoms with Crippen LogP contribution >= 0.6 is 34.4 Å². The Morgan fingerprint density at radius 3 is 2.65 bits per heavy atom. The van der Waals surface area contributed by atoms with Crippen molar-refractivity contribution in [2.75, 3.05) is 28.3 Å². The van der Waals surface area contributed by atoms with E-state index in [0.29, 0.717) is 9.47 Å². The molecule has 0 saturated carbocycles. The van der Waals surface area contributed by atoms with Crippen LogP contribution < -0.4 is 15.5 Å². The molecule has 0 unspecified atom stereocenters. The maximum Gasteiger partial charge on any atom is 0.326 e. The van der Waals surface area contributed by atoms with Crippen molar-refractivity contribution >= 4 is 62.2 Å². The van der Waals surface area contributed by atoms with Crippen molar-refractivity contribution in [3.8, 4) is 0 Å². The van der Waals surface area contributed by atoms with E-state index in [2.05, 4.69) is 20.8 Å². The molecule has 1 aromatic carbocycles. The number of thioether (sulfide) groups is 1. The Morgan fingerprint density at radius 1 is 1.12 bits per heavy atom. The molecule has 26 heavy (non-hydrogen) atoms. The van der Waals surface area contributed by atoms with Gasteiger partial charge in [-0.2, -0.15) is 0 Å². The van der Waals surface area contributed by atoms with Gasteiger partial charge in [0.05, 0.1) is 10.8 Å². The Balaban J connectivity index is 1.49. The van der Waals surface area contributed by atoms with Crippen LogP contribution in [0.5, 0.6) is 0 Å². The highest BCUT2D eigenvalue weighted by atomic mass is 32.2. The zero-order valence-electron chi connectivity index (χ0n) is 13.7. The van der Waals surface area contributed by atoms with Crippen molar-refractivity contribution in [2.45, 2.75) is 4.34 Å². The van der Waals surface area contributed by atoms with Gasteiger partial charge < -0.3 is 4.90 Å². The molecule has 3 rings (SSSR count). The van der Waals surface area contributed by atoms with E-state index in [0.717, 1.165) is 10.7 Å². The summed E-state index contributed by atoms with van der Waals surface area (Å²) in [6.45, 7) is 0. The summed E-state index contributed by atoms with van der Waals surface area (Å²) < 4.78 is 0.617. The number of carbonyl (C=O) groups excluding carboxylic acids is 2. The van der Waals surface area contributed by atoms with Crippen molar-refractivity contribution < 1.29 is 9.59 Å². The van der Waals surface area contributed by atoms with E-state index in [-0.39, 0.29) is 17.7 Å². The molecule has 2 N–H and O–H groups in total. The minimum atomic E-state index is -0.375. The van der Waals surface area contributed by atoms with Crippen LogP contribution in [0, 0.1) is 0 Å². The molecule has 7 nitrogen and oxygen atoms in total. The van der Waals surface area contributed by atoms with Crippen LogP contribution in [-0.2, 0) is 4.79 Å². The lowest BCUT2D eigenvalue weighted by molar-refractivity contribution is -0.115. The van der Waals surface area contributed by atoms with Crippen molar-refractivity contribution in [1.29, 1.82) is 0 Å². The second-order valence-corrected chi connectivity index (χ2v) is 8.15. The zero-order chi connectivity index (χ0) is 18.4. The minimum Gasteiger partial charge on any atom is -0.315 e. The SMILES string of the molecule is CN(C(=O)CSc1nnc(NC(=O)Nc2cccs2)s1)c1ccccc1. The number of amides is 3. The average molecular weight is 406 g/mol. The van der Waals surface area contributed by atoms with Crippen molar-refractivity contribution in [2.24, 2.45) is 0 Å². The van der Waals surface area contributed by atoms with Crippen LogP contribution in [0.25, 0.3) is 0 Å². The van der Waals surface area contributed by atoms with E-state index in [1.54, 1.807) is 18.0 Å². The first-order chi connectivity index (χ1) is 12.6. The van der Waals surface area contributed by atoms with Gasteiger partial charge in [0.1, 0.15) is 0 Å². The summed E-state index contributed by atoms with van der Waals surface area (Å²) in [7, 11) is 1.74. The van der Waals surface area contributed by atoms with Crippen LogP contribution in [0.4, 0.5) is 20.6 Å². The number of carbonyl (C=O) groups is 2. The molecule has 2 aromatic heterocycles. The first-order valence-electron chi connectivity index (χ1n) is 7.51. The van der Waals surface area contributed by atoms with Crippen LogP contribution in [0.3, 0.4) is 0 Å². The molecule has 3 aromatic rings. The highest BCUT2D eigenvalue weighted by molar-refractivity contribution is 8.01. The molecule has 0 aliphatic rings. The van der Waals surface area contributed by atoms with E-state index >= 15 is 0 Å². The number of para-hydroxylation sites is 1. The van der Waals surface area contributed by atoms with Crippen LogP contribution in [0.1, 0.15) is 0 Å². The lowest BCUT2D eigenvalue weighted by Crippen LogP contribution is -2.27. The van der Waals surface area contributed by atoms with E-state index in [4.69, 9.17) is 0 Å². The number of rotatable bonds is 6. The number of nitrogens with one attached hydrogen (secondary N) is 2. The number of anilines is 3. The van der Waals surface area contributed by atoms with Gasteiger partial charge in [-0.25, -0.2) is 4.79 Å². The van der Waals surface area contributed by atoms with Crippen molar-refractivity contribution in [3.63, 3.8) is 0 Å². The van der Waals surface area contributed by atoms with E-state index in [1.165, 1.54) is 34.4 Å². The molecule has 0 spiro atoms. The van der Waals surface area contributed by atoms with Gasteiger partial charge in [-0.15, -0.1) is 21.5 Å². The Labute approximate surface area is 162 Å². The molecule has 0 fully saturated rings. The Morgan fingerprint density at radius 2 is 1.92 bits per heavy atom. The predicted molar refractivity (Wildman–Crippen MR) is 107 cm³/mol. The van der Waals surface area contributed by atoms with Gasteiger partial charge in [-0.05, 0) is 29.6 Å². The Hall–Kier alpha value is -2.43. The summed E-state index contributed by atoms with van der Waals surface area (Å²) >= 11 is 3.94. The Bertz CT molecular complexity index is 867. The number of aromatic nitrogens is 2. The maximum absolute atomic E-state index is 12.3. The molecular weight excluding hydrogens is 390 g/mol. The summed E-state index contributed by atoms with van der Waals surface area (Å²) in [5.74, 6) is 0.197. The zero-order valence-corrected chi connectivity index (χ0v) is 16.2. The van der Waals surface area contributed by atoms with Crippen LogP contribution in [0.2, 0.25) is 0 Å². The summed E-state index contributed by atoms with van der Waals surface area (Å²) in [6, 6.07) is 12.7. The third-order valence-corrected chi connectivity index (χ3v) is 5.96. The van der Waals surface area contributed by atoms with Crippen LogP contribution in [0.15, 0.2) is 52.2 Å². The van der Waals surface area contributed by atoms with Gasteiger partial charge in [-0.1, -0.05) is 41.3 Å². The van der Waals surface area contributed by atoms with Gasteiger partial charge in [0.25, 0.3) is 0 Å². The molecule has 0 saturated heterocycles. The first kappa shape index (κ1) is 18.4. The summed E-state index contributed by atoms with van der Waals surface area (Å²) in [4.78, 5) is 25.7. The van der Waals surface area contributed by atoms with Gasteiger partial charge >= 0.3 is 6.03 Å². The highest BCUT2D eigenvalue weighted by Crippen LogP contribution is 2.26. The largest absolute Gasteiger partial charge is 0.326 e. The van der Waals surface area contributed by atoms with E-state index < -0.39 is 0 Å². The van der Waals surface area contributed by atoms with Gasteiger partial charge in [0, 0.05) is 12.7 Å². The minimum absolute atomic E-state index is 0.0404. The van der Waals surface area contributed by atoms with Gasteiger partial charge in [0.15, 0.2) is 4.34 Å². The summed E-state index contributed by atoms with van der Waals surface area (Å²) in [5, 5.41) is 16.2. The number of hydrogen-bond acceptors (Lipinski definition) is 7. The molecule has 3 amide bonds. The summed E-state index contributed by atoms with van der Waals surface area (Å²) in [6.07, 6.45) is 0. The predicted octanol–water partition coefficient (Wildman–Crippen LogP) is 4.00. The quantitative estimate of drug-likeness (QED) is 0.478. The molecule has 134 valence electrons. The molecule has 10 heteroatoms. The number of urea groups is 1. The Kier molecular flexibility index (Phi) is 6.21. The second-order valence-electron chi connectivity index (χ2n) is 5.01. The number of benzene rings is 1. The smallest absolute Gasteiger partial charge is 0.315 e. The molecular formula is C16H15N5O2S3. The van der Waals surface area contributed by atoms with Crippen molar-refractivity contribution in [1.82, 2.24) is 10.2 Å². The highest BCUT2D eigenvalue weighted by Gasteiger charge is 2.14. The third-order valence-electron chi connectivity index (χ3n) is 3.22. The normalized spacial score (nSPS) is 10.3. The lowest BCUT2D eigenvalue weighted by atomic mass is 10.3. The van der Waals surface area contributed by atoms with Gasteiger partial charge in [0.2, 0.25) is 11.0 Å². The fourth-order valence-corrected chi connectivity index (χ4v) is 4.20. The number of nitrogens with zero attached hydrogens (tertiary/aromatic N) is 3. The van der Waals surface area contributed by atoms with Crippen molar-refractivity contribution in [3.05, 3.63) is 47.8 Å². The number of thiophene rings is 1. The standard InChI is InChI=1S/C16H15N5O2S3/c1-21(11-6-3-2-4-7-11)13(22)10-25-16-20-19-15(26-16)18-14(23)17-12-8-5-9-24-12/h2-9H,10H2,1H3,(H2,17,18,19,23). The fraction of sp³-hybridized carbons (Fsp3) is 0.125. The topological polar surface area (TPSA) is 87.2 Å². The van der Waals surface area contributed by atoms with Crippen LogP contribution in [-0.4, -0.2) is 34.9 Å². The molecule has 0 bridgehead atoms. The molecule has 0 aliphatic carbocycles. The first-order valence-corrected chi connectivity index (χ1v) is 10.2. The lowest BCUT2D eigenvalue weighted by Gasteiger charge is -2.16. The average Bonchev–Trinajstić information content (AvgIpc) is 3.31. The van der Waals surface area contributed by atoms with Gasteiger partial charge in [-0.3, -0.25) is 15.4 Å². The molecule has 0 aliphatic heterocycles. The van der Waals surface area contributed by atoms with E-state index in [1.807, 2.05) is 41.8 Å². The fourth-order valence-electron chi connectivity index (χ4n) is 1.92. The molecule has 2 heterocycles. The second kappa shape index (κ2) is 8.79.